The highest BCUT2D eigenvalue weighted by Crippen LogP contribution is 2.40. The second-order valence-corrected chi connectivity index (χ2v) is 7.75. The van der Waals surface area contributed by atoms with E-state index in [1.807, 2.05) is 11.7 Å². The van der Waals surface area contributed by atoms with Crippen LogP contribution in [0.3, 0.4) is 0 Å². The van der Waals surface area contributed by atoms with Gasteiger partial charge in [-0.1, -0.05) is 20.8 Å². The first kappa shape index (κ1) is 16.0. The van der Waals surface area contributed by atoms with Gasteiger partial charge in [0.15, 0.2) is 0 Å². The van der Waals surface area contributed by atoms with Gasteiger partial charge in [-0.3, -0.25) is 4.68 Å². The van der Waals surface area contributed by atoms with Gasteiger partial charge in [-0.05, 0) is 59.4 Å². The van der Waals surface area contributed by atoms with Gasteiger partial charge in [-0.2, -0.15) is 5.10 Å². The van der Waals surface area contributed by atoms with Gasteiger partial charge in [0.25, 0.3) is 0 Å². The molecule has 1 saturated carbocycles. The molecule has 0 spiro atoms. The van der Waals surface area contributed by atoms with Crippen LogP contribution in [-0.4, -0.2) is 21.0 Å². The van der Waals surface area contributed by atoms with E-state index in [9.17, 15) is 5.11 Å². The van der Waals surface area contributed by atoms with Gasteiger partial charge in [0.05, 0.1) is 22.0 Å². The number of aliphatic hydroxyl groups is 1. The molecule has 1 N–H and O–H groups in total. The van der Waals surface area contributed by atoms with E-state index in [0.717, 1.165) is 35.1 Å². The molecule has 1 aromatic heterocycles. The lowest BCUT2D eigenvalue weighted by Crippen LogP contribution is -2.30. The molecule has 1 fully saturated rings. The predicted octanol–water partition coefficient (Wildman–Crippen LogP) is 3.86. The number of rotatable bonds is 4. The summed E-state index contributed by atoms with van der Waals surface area (Å²) in [5.74, 6) is 0.440. The normalized spacial score (nSPS) is 21.1. The van der Waals surface area contributed by atoms with Gasteiger partial charge < -0.3 is 5.11 Å². The van der Waals surface area contributed by atoms with Crippen molar-refractivity contribution in [3.8, 4) is 0 Å². The topological polar surface area (TPSA) is 38.0 Å². The molecule has 1 aromatic rings. The van der Waals surface area contributed by atoms with E-state index in [1.165, 1.54) is 12.8 Å². The summed E-state index contributed by atoms with van der Waals surface area (Å²) in [6.07, 6.45) is 6.11. The van der Waals surface area contributed by atoms with Crippen molar-refractivity contribution in [2.45, 2.75) is 65.4 Å². The monoisotopic (exact) mass is 342 g/mol. The lowest BCUT2D eigenvalue weighted by molar-refractivity contribution is 0.0563. The van der Waals surface area contributed by atoms with Crippen LogP contribution in [0.25, 0.3) is 0 Å². The van der Waals surface area contributed by atoms with Crippen LogP contribution in [0, 0.1) is 11.3 Å². The smallest absolute Gasteiger partial charge is 0.0766 e. The number of aryl methyl sites for hydroxylation is 2. The van der Waals surface area contributed by atoms with Crippen molar-refractivity contribution in [3.05, 3.63) is 15.9 Å². The minimum absolute atomic E-state index is 0.248. The van der Waals surface area contributed by atoms with Crippen LogP contribution in [0.4, 0.5) is 0 Å². The van der Waals surface area contributed by atoms with Crippen LogP contribution in [0.5, 0.6) is 0 Å². The molecule has 0 aliphatic heterocycles. The highest BCUT2D eigenvalue weighted by molar-refractivity contribution is 9.10. The van der Waals surface area contributed by atoms with Crippen LogP contribution in [0.2, 0.25) is 0 Å². The maximum absolute atomic E-state index is 10.6. The Kier molecular flexibility index (Phi) is 4.96. The maximum atomic E-state index is 10.6. The van der Waals surface area contributed by atoms with Gasteiger partial charge in [-0.15, -0.1) is 0 Å². The second kappa shape index (κ2) is 6.18. The minimum atomic E-state index is -0.248. The molecular formula is C16H27BrN2O. The summed E-state index contributed by atoms with van der Waals surface area (Å²) >= 11 is 3.64. The fourth-order valence-corrected chi connectivity index (χ4v) is 3.99. The summed E-state index contributed by atoms with van der Waals surface area (Å²) < 4.78 is 3.00. The number of aliphatic hydroxyl groups excluding tert-OH is 1. The van der Waals surface area contributed by atoms with Crippen LogP contribution in [0.15, 0.2) is 4.47 Å². The molecule has 1 aliphatic carbocycles. The van der Waals surface area contributed by atoms with E-state index in [-0.39, 0.29) is 6.10 Å². The summed E-state index contributed by atoms with van der Waals surface area (Å²) in [7, 11) is 1.97. The highest BCUT2D eigenvalue weighted by Gasteiger charge is 2.31. The average molecular weight is 343 g/mol. The number of aromatic nitrogens is 2. The van der Waals surface area contributed by atoms with Crippen LogP contribution >= 0.6 is 15.9 Å². The zero-order valence-corrected chi connectivity index (χ0v) is 14.7. The number of halogens is 1. The molecule has 0 bridgehead atoms. The molecule has 4 heteroatoms. The zero-order chi connectivity index (χ0) is 14.9. The summed E-state index contributed by atoms with van der Waals surface area (Å²) in [6.45, 7) is 6.78. The average Bonchev–Trinajstić information content (AvgIpc) is 2.66. The predicted molar refractivity (Wildman–Crippen MR) is 85.7 cm³/mol. The summed E-state index contributed by atoms with van der Waals surface area (Å²) in [4.78, 5) is 0. The van der Waals surface area contributed by atoms with E-state index in [0.29, 0.717) is 17.8 Å². The fraction of sp³-hybridized carbons (Fsp3) is 0.812. The molecule has 2 rings (SSSR count). The van der Waals surface area contributed by atoms with Gasteiger partial charge in [0, 0.05) is 13.5 Å². The third kappa shape index (κ3) is 3.45. The van der Waals surface area contributed by atoms with Crippen molar-refractivity contribution in [3.63, 3.8) is 0 Å². The Labute approximate surface area is 130 Å². The zero-order valence-electron chi connectivity index (χ0n) is 13.1. The maximum Gasteiger partial charge on any atom is 0.0766 e. The first-order chi connectivity index (χ1) is 9.34. The first-order valence-corrected chi connectivity index (χ1v) is 8.51. The Hall–Kier alpha value is -0.350. The molecule has 1 heterocycles. The highest BCUT2D eigenvalue weighted by atomic mass is 79.9. The third-order valence-electron chi connectivity index (χ3n) is 4.83. The minimum Gasteiger partial charge on any atom is -0.392 e. The Morgan fingerprint density at radius 1 is 1.40 bits per heavy atom. The van der Waals surface area contributed by atoms with Crippen molar-refractivity contribution in [1.29, 1.82) is 0 Å². The molecular weight excluding hydrogens is 316 g/mol. The van der Waals surface area contributed by atoms with Crippen LogP contribution in [-0.2, 0) is 19.9 Å². The van der Waals surface area contributed by atoms with E-state index in [4.69, 9.17) is 0 Å². The van der Waals surface area contributed by atoms with Crippen molar-refractivity contribution < 1.29 is 5.11 Å². The van der Waals surface area contributed by atoms with E-state index < -0.39 is 0 Å². The largest absolute Gasteiger partial charge is 0.392 e. The molecule has 0 amide bonds. The van der Waals surface area contributed by atoms with Gasteiger partial charge in [0.1, 0.15) is 0 Å². The molecule has 1 atom stereocenters. The van der Waals surface area contributed by atoms with Gasteiger partial charge in [0.2, 0.25) is 0 Å². The molecule has 3 nitrogen and oxygen atoms in total. The molecule has 0 aromatic carbocycles. The number of hydrogen-bond acceptors (Lipinski definition) is 2. The van der Waals surface area contributed by atoms with Crippen molar-refractivity contribution >= 4 is 15.9 Å². The van der Waals surface area contributed by atoms with Crippen LogP contribution < -0.4 is 0 Å². The molecule has 0 radical (unpaired) electrons. The number of hydrogen-bond donors (Lipinski definition) is 1. The van der Waals surface area contributed by atoms with Crippen molar-refractivity contribution in [1.82, 2.24) is 9.78 Å². The van der Waals surface area contributed by atoms with Gasteiger partial charge >= 0.3 is 0 Å². The van der Waals surface area contributed by atoms with Crippen molar-refractivity contribution in [2.75, 3.05) is 0 Å². The molecule has 1 unspecified atom stereocenters. The SMILES string of the molecule is CCc1nn(C)c(CC(O)C2CCC(C)(C)CC2)c1Br. The molecule has 114 valence electrons. The van der Waals surface area contributed by atoms with E-state index in [1.54, 1.807) is 0 Å². The molecule has 1 aliphatic rings. The molecule has 20 heavy (non-hydrogen) atoms. The Morgan fingerprint density at radius 2 is 2.00 bits per heavy atom. The summed E-state index contributed by atoms with van der Waals surface area (Å²) in [5.41, 5.74) is 2.66. The van der Waals surface area contributed by atoms with E-state index >= 15 is 0 Å². The first-order valence-electron chi connectivity index (χ1n) is 7.72. The number of nitrogens with zero attached hydrogens (tertiary/aromatic N) is 2. The second-order valence-electron chi connectivity index (χ2n) is 6.96. The van der Waals surface area contributed by atoms with Crippen LogP contribution in [0.1, 0.15) is 57.8 Å². The van der Waals surface area contributed by atoms with Crippen molar-refractivity contribution in [2.24, 2.45) is 18.4 Å². The Morgan fingerprint density at radius 3 is 2.50 bits per heavy atom. The molecule has 0 saturated heterocycles. The standard InChI is InChI=1S/C16H27BrN2O/c1-5-12-15(17)13(19(4)18-12)10-14(20)11-6-8-16(2,3)9-7-11/h11,14,20H,5-10H2,1-4H3. The van der Waals surface area contributed by atoms with Gasteiger partial charge in [-0.25, -0.2) is 0 Å². The van der Waals surface area contributed by atoms with E-state index in [2.05, 4.69) is 41.8 Å². The lowest BCUT2D eigenvalue weighted by Gasteiger charge is -2.36. The third-order valence-corrected chi connectivity index (χ3v) is 5.75. The Balaban J connectivity index is 2.02. The lowest BCUT2D eigenvalue weighted by atomic mass is 9.71. The quantitative estimate of drug-likeness (QED) is 0.901. The summed E-state index contributed by atoms with van der Waals surface area (Å²) in [5, 5.41) is 15.1. The Bertz CT molecular complexity index is 457. The fourth-order valence-electron chi connectivity index (χ4n) is 3.21. The summed E-state index contributed by atoms with van der Waals surface area (Å²) in [6, 6.07) is 0.